The minimum atomic E-state index is -1.08. The Kier molecular flexibility index (Phi) is 13.0. The first kappa shape index (κ1) is 38.2. The van der Waals surface area contributed by atoms with E-state index < -0.39 is 21.5 Å². The highest BCUT2D eigenvalue weighted by Crippen LogP contribution is 2.49. The molecule has 0 aliphatic rings. The monoisotopic (exact) mass is 750 g/mol. The van der Waals surface area contributed by atoms with Gasteiger partial charge >= 0.3 is 5.97 Å². The number of benzene rings is 6. The molecule has 0 heterocycles. The van der Waals surface area contributed by atoms with E-state index in [0.717, 1.165) is 33.4 Å². The number of thioether (sulfide) groups is 2. The van der Waals surface area contributed by atoms with Gasteiger partial charge in [-0.25, -0.2) is 4.79 Å². The van der Waals surface area contributed by atoms with Crippen molar-refractivity contribution in [3.63, 3.8) is 0 Å². The van der Waals surface area contributed by atoms with Gasteiger partial charge in [0, 0.05) is 6.54 Å². The fraction of sp³-hybridized carbons (Fsp3) is 0.152. The predicted octanol–water partition coefficient (Wildman–Crippen LogP) is 8.21. The van der Waals surface area contributed by atoms with Gasteiger partial charge in [-0.15, -0.1) is 23.5 Å². The Hall–Kier alpha value is -5.57. The Balaban J connectivity index is 1.19. The third-order valence-electron chi connectivity index (χ3n) is 9.25. The molecule has 0 aliphatic carbocycles. The van der Waals surface area contributed by atoms with Gasteiger partial charge in [0.1, 0.15) is 6.04 Å². The summed E-state index contributed by atoms with van der Waals surface area (Å²) in [6.45, 7) is -0.126. The maximum absolute atomic E-state index is 13.7. The highest BCUT2D eigenvalue weighted by Gasteiger charge is 2.39. The van der Waals surface area contributed by atoms with Crippen molar-refractivity contribution in [2.45, 2.75) is 15.5 Å². The smallest absolute Gasteiger partial charge is 0.330 e. The standard InChI is InChI=1S/C46H42N2O4S2/c1-52-44(51)41(48-43(50)34-54-46(38-26-14-5-15-27-38,39-28-16-6-17-29-39)40-30-18-7-19-31-40)32-47-42(49)33-53-45(35-20-8-2-9-21-35,36-22-10-3-11-23-36)37-24-12-4-13-25-37/h2-31,41H,32-34H2,1H3,(H,47,49)(H,48,50). The molecule has 8 heteroatoms. The van der Waals surface area contributed by atoms with E-state index in [2.05, 4.69) is 83.4 Å². The molecule has 2 N–H and O–H groups in total. The molecule has 0 radical (unpaired) electrons. The van der Waals surface area contributed by atoms with Gasteiger partial charge in [0.25, 0.3) is 0 Å². The molecule has 1 atom stereocenters. The molecule has 1 unspecified atom stereocenters. The van der Waals surface area contributed by atoms with Crippen LogP contribution in [0, 0.1) is 0 Å². The summed E-state index contributed by atoms with van der Waals surface area (Å²) in [4.78, 5) is 40.3. The molecule has 272 valence electrons. The molecule has 0 spiro atoms. The normalized spacial score (nSPS) is 11.9. The van der Waals surface area contributed by atoms with Crippen LogP contribution in [0.1, 0.15) is 33.4 Å². The van der Waals surface area contributed by atoms with Gasteiger partial charge in [0.15, 0.2) is 0 Å². The first-order chi connectivity index (χ1) is 26.5. The van der Waals surface area contributed by atoms with Crippen LogP contribution in [0.5, 0.6) is 0 Å². The van der Waals surface area contributed by atoms with Crippen molar-refractivity contribution in [1.29, 1.82) is 0 Å². The fourth-order valence-electron chi connectivity index (χ4n) is 6.72. The molecule has 6 nitrogen and oxygen atoms in total. The van der Waals surface area contributed by atoms with Gasteiger partial charge in [0.2, 0.25) is 11.8 Å². The van der Waals surface area contributed by atoms with Crippen LogP contribution < -0.4 is 10.6 Å². The van der Waals surface area contributed by atoms with Crippen LogP contribution in [-0.2, 0) is 28.6 Å². The van der Waals surface area contributed by atoms with Crippen LogP contribution in [0.4, 0.5) is 0 Å². The van der Waals surface area contributed by atoms with Crippen LogP contribution in [0.2, 0.25) is 0 Å². The first-order valence-electron chi connectivity index (χ1n) is 17.7. The van der Waals surface area contributed by atoms with E-state index in [0.29, 0.717) is 0 Å². The summed E-state index contributed by atoms with van der Waals surface area (Å²) in [7, 11) is 1.27. The lowest BCUT2D eigenvalue weighted by atomic mass is 9.84. The van der Waals surface area contributed by atoms with E-state index in [1.165, 1.54) is 30.6 Å². The third kappa shape index (κ3) is 8.62. The molecular formula is C46H42N2O4S2. The molecule has 0 aliphatic heterocycles. The van der Waals surface area contributed by atoms with E-state index in [9.17, 15) is 14.4 Å². The van der Waals surface area contributed by atoms with Gasteiger partial charge in [-0.3, -0.25) is 9.59 Å². The van der Waals surface area contributed by atoms with Crippen LogP contribution >= 0.6 is 23.5 Å². The number of hydrogen-bond donors (Lipinski definition) is 2. The highest BCUT2D eigenvalue weighted by atomic mass is 32.2. The molecule has 6 aromatic carbocycles. The second-order valence-corrected chi connectivity index (χ2v) is 15.0. The van der Waals surface area contributed by atoms with Gasteiger partial charge in [-0.05, 0) is 33.4 Å². The van der Waals surface area contributed by atoms with Crippen LogP contribution in [-0.4, -0.2) is 49.0 Å². The summed E-state index contributed by atoms with van der Waals surface area (Å²) >= 11 is 2.97. The molecule has 0 saturated carbocycles. The Morgan fingerprint density at radius 3 is 1.04 bits per heavy atom. The van der Waals surface area contributed by atoms with Crippen LogP contribution in [0.3, 0.4) is 0 Å². The Morgan fingerprint density at radius 2 is 0.759 bits per heavy atom. The molecule has 0 bridgehead atoms. The van der Waals surface area contributed by atoms with Gasteiger partial charge in [-0.2, -0.15) is 0 Å². The van der Waals surface area contributed by atoms with E-state index >= 15 is 0 Å². The van der Waals surface area contributed by atoms with Crippen LogP contribution in [0.25, 0.3) is 0 Å². The summed E-state index contributed by atoms with van der Waals surface area (Å²) in [5.74, 6) is -1.16. The summed E-state index contributed by atoms with van der Waals surface area (Å²) in [5.41, 5.74) is 6.17. The largest absolute Gasteiger partial charge is 0.467 e. The number of rotatable bonds is 16. The quantitative estimate of drug-likeness (QED) is 0.0767. The SMILES string of the molecule is COC(=O)C(CNC(=O)CSC(c1ccccc1)(c1ccccc1)c1ccccc1)NC(=O)CSC(c1ccccc1)(c1ccccc1)c1ccccc1. The van der Waals surface area contributed by atoms with Crippen molar-refractivity contribution in [3.8, 4) is 0 Å². The molecule has 6 aromatic rings. The number of esters is 1. The van der Waals surface area contributed by atoms with Crippen molar-refractivity contribution in [2.75, 3.05) is 25.2 Å². The third-order valence-corrected chi connectivity index (χ3v) is 12.3. The number of carbonyl (C=O) groups excluding carboxylic acids is 3. The van der Waals surface area contributed by atoms with Gasteiger partial charge in [-0.1, -0.05) is 182 Å². The lowest BCUT2D eigenvalue weighted by molar-refractivity contribution is -0.144. The van der Waals surface area contributed by atoms with E-state index in [-0.39, 0.29) is 29.9 Å². The fourth-order valence-corrected chi connectivity index (χ4v) is 9.42. The second kappa shape index (κ2) is 18.5. The number of ether oxygens (including phenoxy) is 1. The minimum Gasteiger partial charge on any atom is -0.467 e. The summed E-state index contributed by atoms with van der Waals surface area (Å²) in [6.07, 6.45) is 0. The number of methoxy groups -OCH3 is 1. The lowest BCUT2D eigenvalue weighted by Gasteiger charge is -2.35. The summed E-state index contributed by atoms with van der Waals surface area (Å²) in [6, 6.07) is 59.6. The Morgan fingerprint density at radius 1 is 0.481 bits per heavy atom. The molecule has 54 heavy (non-hydrogen) atoms. The zero-order valence-corrected chi connectivity index (χ0v) is 31.6. The Labute approximate surface area is 325 Å². The maximum Gasteiger partial charge on any atom is 0.330 e. The molecular weight excluding hydrogens is 709 g/mol. The minimum absolute atomic E-state index is 0.0315. The molecule has 0 saturated heterocycles. The summed E-state index contributed by atoms with van der Waals surface area (Å²) in [5, 5.41) is 5.74. The van der Waals surface area contributed by atoms with Crippen molar-refractivity contribution in [1.82, 2.24) is 10.6 Å². The first-order valence-corrected chi connectivity index (χ1v) is 19.7. The topological polar surface area (TPSA) is 84.5 Å². The van der Waals surface area contributed by atoms with Crippen molar-refractivity contribution < 1.29 is 19.1 Å². The number of nitrogens with one attached hydrogen (secondary N) is 2. The molecule has 6 rings (SSSR count). The van der Waals surface area contributed by atoms with Crippen molar-refractivity contribution in [3.05, 3.63) is 215 Å². The summed E-state index contributed by atoms with van der Waals surface area (Å²) < 4.78 is 3.67. The van der Waals surface area contributed by atoms with Gasteiger partial charge < -0.3 is 15.4 Å². The highest BCUT2D eigenvalue weighted by molar-refractivity contribution is 8.01. The Bertz CT molecular complexity index is 1890. The maximum atomic E-state index is 13.7. The molecule has 2 amide bonds. The van der Waals surface area contributed by atoms with Gasteiger partial charge in [0.05, 0.1) is 28.1 Å². The van der Waals surface area contributed by atoms with Crippen LogP contribution in [0.15, 0.2) is 182 Å². The number of amides is 2. The van der Waals surface area contributed by atoms with E-state index in [1.807, 2.05) is 109 Å². The average molecular weight is 751 g/mol. The van der Waals surface area contributed by atoms with Crippen molar-refractivity contribution >= 4 is 41.3 Å². The molecule has 0 fully saturated rings. The van der Waals surface area contributed by atoms with E-state index in [4.69, 9.17) is 4.74 Å². The lowest BCUT2D eigenvalue weighted by Crippen LogP contribution is -2.50. The zero-order valence-electron chi connectivity index (χ0n) is 30.0. The average Bonchev–Trinajstić information content (AvgIpc) is 3.25. The molecule has 0 aromatic heterocycles. The van der Waals surface area contributed by atoms with Crippen molar-refractivity contribution in [2.24, 2.45) is 0 Å². The second-order valence-electron chi connectivity index (χ2n) is 12.6. The predicted molar refractivity (Wildman–Crippen MR) is 220 cm³/mol. The number of carbonyl (C=O) groups is 3. The van der Waals surface area contributed by atoms with E-state index in [1.54, 1.807) is 0 Å². The zero-order chi connectivity index (χ0) is 37.6. The number of hydrogen-bond acceptors (Lipinski definition) is 6.